The third kappa shape index (κ3) is 8.58. The van der Waals surface area contributed by atoms with Gasteiger partial charge in [-0.2, -0.15) is 0 Å². The summed E-state index contributed by atoms with van der Waals surface area (Å²) in [6, 6.07) is 10.1. The summed E-state index contributed by atoms with van der Waals surface area (Å²) in [7, 11) is 0. The second-order valence-electron chi connectivity index (χ2n) is 8.74. The minimum absolute atomic E-state index is 0.0121. The molecule has 5 heteroatoms. The van der Waals surface area contributed by atoms with Crippen molar-refractivity contribution in [3.8, 4) is 0 Å². The summed E-state index contributed by atoms with van der Waals surface area (Å²) in [5.74, 6) is -0.226. The van der Waals surface area contributed by atoms with Crippen LogP contribution in [0.5, 0.6) is 0 Å². The van der Waals surface area contributed by atoms with Crippen molar-refractivity contribution >= 4 is 5.97 Å². The lowest BCUT2D eigenvalue weighted by Crippen LogP contribution is -2.23. The van der Waals surface area contributed by atoms with Crippen molar-refractivity contribution < 1.29 is 24.9 Å². The molecule has 0 radical (unpaired) electrons. The van der Waals surface area contributed by atoms with E-state index in [1.807, 2.05) is 44.2 Å². The summed E-state index contributed by atoms with van der Waals surface area (Å²) >= 11 is 0. The Morgan fingerprint density at radius 1 is 1.10 bits per heavy atom. The number of ether oxygens (including phenoxy) is 1. The molecule has 1 aliphatic rings. The molecule has 0 bridgehead atoms. The van der Waals surface area contributed by atoms with Crippen LogP contribution < -0.4 is 0 Å². The van der Waals surface area contributed by atoms with Crippen LogP contribution in [0.25, 0.3) is 0 Å². The fraction of sp³-hybridized carbons (Fsp3) is 0.640. The average molecular weight is 419 g/mol. The smallest absolute Gasteiger partial charge is 0.306 e. The Bertz CT molecular complexity index is 642. The summed E-state index contributed by atoms with van der Waals surface area (Å²) in [4.78, 5) is 11.6. The highest BCUT2D eigenvalue weighted by atomic mass is 16.5. The van der Waals surface area contributed by atoms with E-state index in [-0.39, 0.29) is 23.9 Å². The first-order chi connectivity index (χ1) is 14.4. The van der Waals surface area contributed by atoms with Crippen molar-refractivity contribution in [3.63, 3.8) is 0 Å². The quantitative estimate of drug-likeness (QED) is 0.355. The van der Waals surface area contributed by atoms with E-state index >= 15 is 0 Å². The lowest BCUT2D eigenvalue weighted by Gasteiger charge is -2.23. The molecular formula is C25H38O5. The molecule has 1 fully saturated rings. The van der Waals surface area contributed by atoms with Crippen LogP contribution in [-0.4, -0.2) is 45.7 Å². The Labute approximate surface area is 180 Å². The molecule has 0 aliphatic heterocycles. The molecule has 1 aromatic carbocycles. The van der Waals surface area contributed by atoms with E-state index in [9.17, 15) is 20.1 Å². The number of esters is 1. The van der Waals surface area contributed by atoms with Gasteiger partial charge in [-0.25, -0.2) is 0 Å². The predicted octanol–water partition coefficient (Wildman–Crippen LogP) is 3.80. The molecule has 30 heavy (non-hydrogen) atoms. The van der Waals surface area contributed by atoms with Crippen LogP contribution in [0.2, 0.25) is 0 Å². The van der Waals surface area contributed by atoms with Gasteiger partial charge in [0.15, 0.2) is 0 Å². The van der Waals surface area contributed by atoms with Crippen LogP contribution in [0.3, 0.4) is 0 Å². The van der Waals surface area contributed by atoms with E-state index in [1.54, 1.807) is 0 Å². The van der Waals surface area contributed by atoms with E-state index in [1.165, 1.54) is 5.56 Å². The van der Waals surface area contributed by atoms with Gasteiger partial charge in [-0.3, -0.25) is 4.79 Å². The zero-order chi connectivity index (χ0) is 21.9. The summed E-state index contributed by atoms with van der Waals surface area (Å²) in [5.41, 5.74) is 1.22. The van der Waals surface area contributed by atoms with Crippen molar-refractivity contribution in [1.29, 1.82) is 0 Å². The van der Waals surface area contributed by atoms with Gasteiger partial charge < -0.3 is 20.1 Å². The third-order valence-corrected chi connectivity index (χ3v) is 5.92. The van der Waals surface area contributed by atoms with Crippen LogP contribution in [0.1, 0.15) is 64.4 Å². The predicted molar refractivity (Wildman–Crippen MR) is 118 cm³/mol. The minimum atomic E-state index is -0.527. The lowest BCUT2D eigenvalue weighted by atomic mass is 9.85. The largest absolute Gasteiger partial charge is 0.463 e. The van der Waals surface area contributed by atoms with Crippen molar-refractivity contribution in [2.45, 2.75) is 89.6 Å². The Balaban J connectivity index is 1.73. The molecule has 1 saturated carbocycles. The first kappa shape index (κ1) is 24.6. The van der Waals surface area contributed by atoms with Crippen LogP contribution in [-0.2, 0) is 16.0 Å². The van der Waals surface area contributed by atoms with Crippen molar-refractivity contribution in [1.82, 2.24) is 0 Å². The highest BCUT2D eigenvalue weighted by molar-refractivity contribution is 5.69. The molecule has 0 amide bonds. The molecular weight excluding hydrogens is 380 g/mol. The summed E-state index contributed by atoms with van der Waals surface area (Å²) in [6.45, 7) is 3.67. The SMILES string of the molecule is CC(C)OC(=O)CC/C=C\C[C@@H]1[C@@H](CC[C@@H](O)CCc2ccccc2)[C@H](O)C[C@@H]1O. The van der Waals surface area contributed by atoms with E-state index in [0.717, 1.165) is 6.42 Å². The zero-order valence-electron chi connectivity index (χ0n) is 18.3. The molecule has 5 atom stereocenters. The average Bonchev–Trinajstić information content (AvgIpc) is 2.97. The number of hydrogen-bond acceptors (Lipinski definition) is 5. The Morgan fingerprint density at radius 3 is 2.50 bits per heavy atom. The standard InChI is InChI=1S/C25H38O5/c1-18(2)30-25(29)12-8-4-7-11-21-22(24(28)17-23(21)27)16-15-20(26)14-13-19-9-5-3-6-10-19/h3-7,9-10,18,20-24,26-28H,8,11-17H2,1-2H3/b7-4-/t20-,21+,22+,23-,24+/m0/s1. The molecule has 2 rings (SSSR count). The number of aliphatic hydroxyl groups is 3. The molecule has 1 aliphatic carbocycles. The van der Waals surface area contributed by atoms with Crippen LogP contribution in [0.15, 0.2) is 42.5 Å². The van der Waals surface area contributed by atoms with E-state index in [4.69, 9.17) is 4.74 Å². The van der Waals surface area contributed by atoms with Gasteiger partial charge in [-0.05, 0) is 76.2 Å². The molecule has 168 valence electrons. The first-order valence-corrected chi connectivity index (χ1v) is 11.3. The van der Waals surface area contributed by atoms with E-state index < -0.39 is 18.3 Å². The Morgan fingerprint density at radius 2 is 1.80 bits per heavy atom. The molecule has 0 heterocycles. The molecule has 0 aromatic heterocycles. The minimum Gasteiger partial charge on any atom is -0.463 e. The number of hydrogen-bond donors (Lipinski definition) is 3. The van der Waals surface area contributed by atoms with Gasteiger partial charge in [0.25, 0.3) is 0 Å². The number of rotatable bonds is 12. The number of benzene rings is 1. The second-order valence-corrected chi connectivity index (χ2v) is 8.74. The van der Waals surface area contributed by atoms with Crippen LogP contribution >= 0.6 is 0 Å². The van der Waals surface area contributed by atoms with Gasteiger partial charge in [-0.1, -0.05) is 42.5 Å². The van der Waals surface area contributed by atoms with Gasteiger partial charge in [0, 0.05) is 6.42 Å². The number of carbonyl (C=O) groups excluding carboxylic acids is 1. The van der Waals surface area contributed by atoms with Crippen LogP contribution in [0, 0.1) is 11.8 Å². The maximum absolute atomic E-state index is 11.6. The third-order valence-electron chi connectivity index (χ3n) is 5.92. The van der Waals surface area contributed by atoms with Crippen molar-refractivity contribution in [3.05, 3.63) is 48.0 Å². The zero-order valence-corrected chi connectivity index (χ0v) is 18.3. The van der Waals surface area contributed by atoms with Gasteiger partial charge in [0.05, 0.1) is 24.4 Å². The van der Waals surface area contributed by atoms with Gasteiger partial charge in [0.1, 0.15) is 0 Å². The second kappa shape index (κ2) is 12.9. The maximum atomic E-state index is 11.6. The highest BCUT2D eigenvalue weighted by Gasteiger charge is 2.40. The van der Waals surface area contributed by atoms with E-state index in [0.29, 0.717) is 44.9 Å². The van der Waals surface area contributed by atoms with Crippen LogP contribution in [0.4, 0.5) is 0 Å². The summed E-state index contributed by atoms with van der Waals surface area (Å²) in [6.07, 6.45) is 7.28. The summed E-state index contributed by atoms with van der Waals surface area (Å²) in [5, 5.41) is 31.1. The molecule has 0 unspecified atom stereocenters. The molecule has 0 spiro atoms. The van der Waals surface area contributed by atoms with E-state index in [2.05, 4.69) is 12.1 Å². The number of carbonyl (C=O) groups is 1. The number of aryl methyl sites for hydroxylation is 1. The Kier molecular flexibility index (Phi) is 10.6. The molecule has 1 aromatic rings. The highest BCUT2D eigenvalue weighted by Crippen LogP contribution is 2.38. The summed E-state index contributed by atoms with van der Waals surface area (Å²) < 4.78 is 5.11. The first-order valence-electron chi connectivity index (χ1n) is 11.3. The molecule has 5 nitrogen and oxygen atoms in total. The number of allylic oxidation sites excluding steroid dienone is 2. The Hall–Kier alpha value is -1.69. The van der Waals surface area contributed by atoms with Gasteiger partial charge >= 0.3 is 5.97 Å². The molecule has 0 saturated heterocycles. The lowest BCUT2D eigenvalue weighted by molar-refractivity contribution is -0.147. The van der Waals surface area contributed by atoms with Gasteiger partial charge in [-0.15, -0.1) is 0 Å². The monoisotopic (exact) mass is 418 g/mol. The maximum Gasteiger partial charge on any atom is 0.306 e. The fourth-order valence-corrected chi connectivity index (χ4v) is 4.31. The van der Waals surface area contributed by atoms with Gasteiger partial charge in [0.2, 0.25) is 0 Å². The van der Waals surface area contributed by atoms with Crippen molar-refractivity contribution in [2.75, 3.05) is 0 Å². The molecule has 3 N–H and O–H groups in total. The van der Waals surface area contributed by atoms with Crippen molar-refractivity contribution in [2.24, 2.45) is 11.8 Å². The number of aliphatic hydroxyl groups excluding tert-OH is 3. The fourth-order valence-electron chi connectivity index (χ4n) is 4.31. The topological polar surface area (TPSA) is 87.0 Å². The normalized spacial score (nSPS) is 25.1.